The van der Waals surface area contributed by atoms with E-state index >= 15 is 0 Å². The number of anilines is 6. The Morgan fingerprint density at radius 1 is 0.237 bits per heavy atom. The average molecular weight is 1530 g/mol. The third kappa shape index (κ3) is 11.4. The van der Waals surface area contributed by atoms with Crippen molar-refractivity contribution < 1.29 is 0 Å². The van der Waals surface area contributed by atoms with Gasteiger partial charge in [-0.15, -0.1) is 0 Å². The van der Waals surface area contributed by atoms with Crippen LogP contribution in [0.25, 0.3) is 99.5 Å². The first-order valence-electron chi connectivity index (χ1n) is 43.0. The number of hydrogen-bond donors (Lipinski definition) is 0. The van der Waals surface area contributed by atoms with Crippen molar-refractivity contribution in [2.24, 2.45) is 0 Å². The van der Waals surface area contributed by atoms with E-state index in [2.05, 4.69) is 443 Å². The van der Waals surface area contributed by atoms with Gasteiger partial charge in [-0.3, -0.25) is 0 Å². The number of benzene rings is 14. The van der Waals surface area contributed by atoms with Crippen molar-refractivity contribution in [3.05, 3.63) is 340 Å². The van der Waals surface area contributed by atoms with Gasteiger partial charge in [-0.05, 0) is 234 Å². The number of nitrogens with zero attached hydrogens (tertiary/aromatic N) is 4. The van der Waals surface area contributed by atoms with Crippen LogP contribution in [0.4, 0.5) is 34.1 Å². The fraction of sp³-hybridized carbons (Fsp3) is 0.257. The van der Waals surface area contributed by atoms with Crippen molar-refractivity contribution in [1.82, 2.24) is 9.13 Å². The molecule has 0 amide bonds. The maximum Gasteiger partial charge on any atom is 0.252 e. The van der Waals surface area contributed by atoms with Gasteiger partial charge in [0.2, 0.25) is 0 Å². The van der Waals surface area contributed by atoms with Crippen LogP contribution in [-0.4, -0.2) is 15.8 Å². The Morgan fingerprint density at radius 2 is 0.576 bits per heavy atom. The molecule has 0 N–H and O–H groups in total. The Hall–Kier alpha value is -11.7. The molecule has 5 heteroatoms. The van der Waals surface area contributed by atoms with Crippen molar-refractivity contribution in [3.8, 4) is 55.9 Å². The minimum atomic E-state index is -0.565. The Morgan fingerprint density at radius 3 is 0.975 bits per heavy atom. The first-order chi connectivity index (χ1) is 56.0. The van der Waals surface area contributed by atoms with Crippen molar-refractivity contribution in [2.45, 2.75) is 189 Å². The predicted octanol–water partition coefficient (Wildman–Crippen LogP) is 28.7. The summed E-state index contributed by atoms with van der Waals surface area (Å²) in [5.41, 5.74) is 40.6. The zero-order chi connectivity index (χ0) is 82.4. The van der Waals surface area contributed by atoms with E-state index < -0.39 is 5.41 Å². The zero-order valence-corrected chi connectivity index (χ0v) is 72.9. The number of hydrogen-bond acceptors (Lipinski definition) is 2. The summed E-state index contributed by atoms with van der Waals surface area (Å²) in [6, 6.07) is 111. The van der Waals surface area contributed by atoms with E-state index in [4.69, 9.17) is 0 Å². The molecule has 0 unspecified atom stereocenters. The van der Waals surface area contributed by atoms with Gasteiger partial charge >= 0.3 is 0 Å². The Kier molecular flexibility index (Phi) is 16.3. The lowest BCUT2D eigenvalue weighted by molar-refractivity contribution is 0.568. The van der Waals surface area contributed by atoms with Crippen LogP contribution >= 0.6 is 0 Å². The monoisotopic (exact) mass is 1530 g/mol. The topological polar surface area (TPSA) is 16.3 Å². The largest absolute Gasteiger partial charge is 0.311 e. The molecular formula is C113H109BN4. The molecule has 0 fully saturated rings. The summed E-state index contributed by atoms with van der Waals surface area (Å²) in [4.78, 5) is 5.50. The second kappa shape index (κ2) is 25.7. The molecule has 2 aromatic heterocycles. The van der Waals surface area contributed by atoms with E-state index in [1.165, 1.54) is 177 Å². The molecular weight excluding hydrogens is 1420 g/mol. The molecule has 118 heavy (non-hydrogen) atoms. The fourth-order valence-corrected chi connectivity index (χ4v) is 20.5. The highest BCUT2D eigenvalue weighted by Crippen LogP contribution is 2.65. The van der Waals surface area contributed by atoms with Gasteiger partial charge in [-0.25, -0.2) is 0 Å². The number of fused-ring (bicyclic) bond motifs is 21. The van der Waals surface area contributed by atoms with E-state index in [0.29, 0.717) is 0 Å². The van der Waals surface area contributed by atoms with E-state index in [9.17, 15) is 0 Å². The molecule has 584 valence electrons. The summed E-state index contributed by atoms with van der Waals surface area (Å²) in [5.74, 6) is 0. The van der Waals surface area contributed by atoms with E-state index in [-0.39, 0.29) is 44.6 Å². The third-order valence-corrected chi connectivity index (χ3v) is 26.9. The molecule has 2 aliphatic carbocycles. The van der Waals surface area contributed by atoms with Gasteiger partial charge in [0, 0.05) is 66.8 Å². The van der Waals surface area contributed by atoms with Crippen LogP contribution in [0.15, 0.2) is 279 Å². The lowest BCUT2D eigenvalue weighted by Gasteiger charge is -2.46. The summed E-state index contributed by atoms with van der Waals surface area (Å²) < 4.78 is 5.15. The van der Waals surface area contributed by atoms with E-state index in [1.807, 2.05) is 0 Å². The van der Waals surface area contributed by atoms with Gasteiger partial charge in [0.1, 0.15) is 0 Å². The first kappa shape index (κ1) is 75.1. The third-order valence-electron chi connectivity index (χ3n) is 26.9. The van der Waals surface area contributed by atoms with Gasteiger partial charge in [0.15, 0.2) is 0 Å². The van der Waals surface area contributed by atoms with E-state index in [1.54, 1.807) is 0 Å². The summed E-state index contributed by atoms with van der Waals surface area (Å²) in [6.45, 7) is 49.9. The molecule has 0 saturated carbocycles. The quantitative estimate of drug-likeness (QED) is 0.154. The fourth-order valence-electron chi connectivity index (χ4n) is 20.5. The smallest absolute Gasteiger partial charge is 0.252 e. The van der Waals surface area contributed by atoms with Crippen LogP contribution in [0.2, 0.25) is 0 Å². The van der Waals surface area contributed by atoms with E-state index in [0.717, 1.165) is 34.1 Å². The zero-order valence-electron chi connectivity index (χ0n) is 72.9. The molecule has 0 atom stereocenters. The Balaban J connectivity index is 0.934. The maximum atomic E-state index is 2.76. The summed E-state index contributed by atoms with van der Waals surface area (Å²) in [6.07, 6.45) is 0. The minimum Gasteiger partial charge on any atom is -0.311 e. The number of aromatic nitrogens is 2. The lowest BCUT2D eigenvalue weighted by atomic mass is 9.33. The van der Waals surface area contributed by atoms with Gasteiger partial charge in [-0.1, -0.05) is 340 Å². The van der Waals surface area contributed by atoms with Crippen molar-refractivity contribution in [2.75, 3.05) is 9.80 Å². The molecule has 4 heterocycles. The van der Waals surface area contributed by atoms with Crippen molar-refractivity contribution in [3.63, 3.8) is 0 Å². The molecule has 20 rings (SSSR count). The first-order valence-corrected chi connectivity index (χ1v) is 43.0. The molecule has 4 nitrogen and oxygen atoms in total. The molecule has 1 spiro atoms. The summed E-state index contributed by atoms with van der Waals surface area (Å²) in [5, 5.41) is 5.01. The number of para-hydroxylation sites is 3. The molecule has 16 aromatic rings. The van der Waals surface area contributed by atoms with Crippen molar-refractivity contribution in [1.29, 1.82) is 0 Å². The van der Waals surface area contributed by atoms with Gasteiger partial charge < -0.3 is 18.9 Å². The van der Waals surface area contributed by atoms with Crippen LogP contribution in [0.1, 0.15) is 207 Å². The highest BCUT2D eigenvalue weighted by atomic mass is 15.2. The van der Waals surface area contributed by atoms with Crippen LogP contribution in [0.3, 0.4) is 0 Å². The average Bonchev–Trinajstić information content (AvgIpc) is 1.48. The molecule has 2 aliphatic heterocycles. The van der Waals surface area contributed by atoms with Gasteiger partial charge in [0.05, 0.1) is 38.9 Å². The Labute approximate surface area is 700 Å². The van der Waals surface area contributed by atoms with Gasteiger partial charge in [0.25, 0.3) is 6.71 Å². The highest BCUT2D eigenvalue weighted by molar-refractivity contribution is 7.00. The van der Waals surface area contributed by atoms with Crippen LogP contribution in [0.5, 0.6) is 0 Å². The minimum absolute atomic E-state index is 0.130. The summed E-state index contributed by atoms with van der Waals surface area (Å²) >= 11 is 0. The molecule has 0 radical (unpaired) electrons. The van der Waals surface area contributed by atoms with Crippen molar-refractivity contribution >= 4 is 101 Å². The van der Waals surface area contributed by atoms with Crippen LogP contribution < -0.4 is 26.2 Å². The normalized spacial score (nSPS) is 14.3. The second-order valence-corrected chi connectivity index (χ2v) is 41.8. The van der Waals surface area contributed by atoms with Gasteiger partial charge in [-0.2, -0.15) is 0 Å². The molecule has 4 aliphatic rings. The number of rotatable bonds is 6. The summed E-state index contributed by atoms with van der Waals surface area (Å²) in [7, 11) is 0. The molecule has 0 bridgehead atoms. The second-order valence-electron chi connectivity index (χ2n) is 41.8. The standard InChI is InChI=1S/C113H109BN4/c1-106(2,3)70-46-53-96(86(62-70)68-56-72(108(7,8)9)60-73(57-68)109(10,11)12)117-99-66-77(115-93-43-31-25-37-82(93)83-38-26-32-44-94(83)115)48-51-91(99)114-92-52-49-78(116-95-45-33-27-39-85(95)103-98(116)55-50-84-81-36-24-30-42-90(81)113(104(84)103)88-40-28-22-34-79(88)80-35-23-29-41-89(80)113)67-100(92)118(102-65-76(112(19,20)21)64-101(117)105(102)114)97-54-47-71(107(4,5)6)63-87(97)69-58-74(110(13,14)15)61-75(59-69)111(16,17)18/h22-67H,1-21H3. The van der Waals surface area contributed by atoms with Crippen LogP contribution in [-0.2, 0) is 43.3 Å². The lowest BCUT2D eigenvalue weighted by Crippen LogP contribution is -2.61. The highest BCUT2D eigenvalue weighted by Gasteiger charge is 2.54. The Bertz CT molecular complexity index is 6750. The maximum absolute atomic E-state index is 2.76. The molecule has 0 saturated heterocycles. The predicted molar refractivity (Wildman–Crippen MR) is 507 cm³/mol. The molecule has 14 aromatic carbocycles. The SMILES string of the molecule is CC(C)(C)c1cc(-c2cc(C(C)(C)C)ccc2N2c3cc(-n4c5ccccc5c5ccccc54)ccc3B3c4ccc(-n5c6ccccc6c6c7c(ccc65)-c5ccccc5C75c6ccccc6-c6ccccc65)cc4N(c4ccc(C(C)(C)C)cc4-c4cc(C(C)(C)C)cc(C(C)(C)C)c4)c4cc(C(C)(C)C)cc2c43)cc(C(C)(C)C)c1. The van der Waals surface area contributed by atoms with Crippen LogP contribution in [0, 0.1) is 0 Å².